The summed E-state index contributed by atoms with van der Waals surface area (Å²) in [7, 11) is 0. The predicted molar refractivity (Wildman–Crippen MR) is 61.2 cm³/mol. The maximum absolute atomic E-state index is 6.02. The fourth-order valence-corrected chi connectivity index (χ4v) is 1.69. The molecule has 5 heteroatoms. The monoisotopic (exact) mass is 230 g/mol. The van der Waals surface area contributed by atoms with Crippen LogP contribution in [0.2, 0.25) is 5.02 Å². The predicted octanol–water partition coefficient (Wildman–Crippen LogP) is 2.44. The summed E-state index contributed by atoms with van der Waals surface area (Å²) in [4.78, 5) is 8.39. The van der Waals surface area contributed by atoms with Crippen LogP contribution in [0.25, 0.3) is 17.0 Å². The molecule has 0 N–H and O–H groups in total. The van der Waals surface area contributed by atoms with Gasteiger partial charge in [0, 0.05) is 24.2 Å². The van der Waals surface area contributed by atoms with Crippen molar-refractivity contribution in [1.29, 1.82) is 0 Å². The Hall–Kier alpha value is -1.94. The van der Waals surface area contributed by atoms with E-state index in [1.807, 2.05) is 24.4 Å². The van der Waals surface area contributed by atoms with Crippen molar-refractivity contribution in [2.45, 2.75) is 0 Å². The number of fused-ring (bicyclic) bond motifs is 1. The van der Waals surface area contributed by atoms with Crippen molar-refractivity contribution in [2.24, 2.45) is 0 Å². The van der Waals surface area contributed by atoms with E-state index in [2.05, 4.69) is 15.1 Å². The lowest BCUT2D eigenvalue weighted by Crippen LogP contribution is -1.86. The molecule has 4 nitrogen and oxygen atoms in total. The zero-order valence-electron chi connectivity index (χ0n) is 8.21. The van der Waals surface area contributed by atoms with E-state index in [1.54, 1.807) is 23.0 Å². The highest BCUT2D eigenvalue weighted by Crippen LogP contribution is 2.19. The molecule has 0 aliphatic heterocycles. The molecule has 3 rings (SSSR count). The minimum absolute atomic E-state index is 0.588. The highest BCUT2D eigenvalue weighted by atomic mass is 35.5. The molecule has 0 atom stereocenters. The van der Waals surface area contributed by atoms with Gasteiger partial charge in [-0.15, -0.1) is 5.10 Å². The first kappa shape index (κ1) is 9.30. The molecular formula is C11H7ClN4. The van der Waals surface area contributed by atoms with E-state index < -0.39 is 0 Å². The van der Waals surface area contributed by atoms with E-state index in [0.29, 0.717) is 16.5 Å². The lowest BCUT2D eigenvalue weighted by atomic mass is 10.3. The standard InChI is InChI=1S/C11H7ClN4/c12-9-4-2-6-16-11(9)14-10(15-16)8-3-1-5-13-7-8/h1-7H. The van der Waals surface area contributed by atoms with E-state index in [4.69, 9.17) is 11.6 Å². The minimum Gasteiger partial charge on any atom is -0.264 e. The molecule has 0 fully saturated rings. The lowest BCUT2D eigenvalue weighted by Gasteiger charge is -1.90. The molecule has 0 saturated carbocycles. The van der Waals surface area contributed by atoms with Crippen LogP contribution < -0.4 is 0 Å². The van der Waals surface area contributed by atoms with Crippen LogP contribution in [-0.2, 0) is 0 Å². The average Bonchev–Trinajstić information content (AvgIpc) is 2.76. The van der Waals surface area contributed by atoms with Gasteiger partial charge in [0.15, 0.2) is 11.5 Å². The van der Waals surface area contributed by atoms with Crippen LogP contribution in [0, 0.1) is 0 Å². The van der Waals surface area contributed by atoms with Gasteiger partial charge in [0.2, 0.25) is 0 Å². The Labute approximate surface area is 96.5 Å². The molecule has 0 aliphatic carbocycles. The number of hydrogen-bond donors (Lipinski definition) is 0. The lowest BCUT2D eigenvalue weighted by molar-refractivity contribution is 0.965. The molecule has 78 valence electrons. The third-order valence-electron chi connectivity index (χ3n) is 2.23. The fraction of sp³-hybridized carbons (Fsp3) is 0. The van der Waals surface area contributed by atoms with Gasteiger partial charge in [0.05, 0.1) is 5.02 Å². The number of pyridine rings is 2. The summed E-state index contributed by atoms with van der Waals surface area (Å²) in [6, 6.07) is 7.38. The summed E-state index contributed by atoms with van der Waals surface area (Å²) in [5.41, 5.74) is 1.53. The van der Waals surface area contributed by atoms with Gasteiger partial charge in [-0.05, 0) is 24.3 Å². The summed E-state index contributed by atoms with van der Waals surface area (Å²) in [5, 5.41) is 4.91. The Morgan fingerprint density at radius 3 is 2.88 bits per heavy atom. The van der Waals surface area contributed by atoms with Gasteiger partial charge in [-0.2, -0.15) is 0 Å². The Balaban J connectivity index is 2.23. The van der Waals surface area contributed by atoms with Gasteiger partial charge < -0.3 is 0 Å². The van der Waals surface area contributed by atoms with Gasteiger partial charge >= 0.3 is 0 Å². The maximum Gasteiger partial charge on any atom is 0.183 e. The molecule has 3 aromatic rings. The van der Waals surface area contributed by atoms with E-state index in [1.165, 1.54) is 0 Å². The van der Waals surface area contributed by atoms with E-state index in [9.17, 15) is 0 Å². The summed E-state index contributed by atoms with van der Waals surface area (Å²) in [6.45, 7) is 0. The summed E-state index contributed by atoms with van der Waals surface area (Å²) in [6.07, 6.45) is 5.25. The molecular weight excluding hydrogens is 224 g/mol. The highest BCUT2D eigenvalue weighted by Gasteiger charge is 2.07. The number of hydrogen-bond acceptors (Lipinski definition) is 3. The second-order valence-corrected chi connectivity index (χ2v) is 3.71. The first-order chi connectivity index (χ1) is 7.84. The third-order valence-corrected chi connectivity index (χ3v) is 2.53. The summed E-state index contributed by atoms with van der Waals surface area (Å²) in [5.74, 6) is 0.626. The van der Waals surface area contributed by atoms with Crippen molar-refractivity contribution in [3.8, 4) is 11.4 Å². The molecule has 0 saturated heterocycles. The summed E-state index contributed by atoms with van der Waals surface area (Å²) < 4.78 is 1.66. The van der Waals surface area contributed by atoms with Crippen LogP contribution in [0.5, 0.6) is 0 Å². The van der Waals surface area contributed by atoms with Gasteiger partial charge in [0.25, 0.3) is 0 Å². The number of rotatable bonds is 1. The second-order valence-electron chi connectivity index (χ2n) is 3.30. The molecule has 0 aromatic carbocycles. The van der Waals surface area contributed by atoms with Crippen molar-refractivity contribution in [3.05, 3.63) is 47.9 Å². The fourth-order valence-electron chi connectivity index (χ4n) is 1.49. The van der Waals surface area contributed by atoms with Crippen molar-refractivity contribution in [3.63, 3.8) is 0 Å². The van der Waals surface area contributed by atoms with Crippen LogP contribution >= 0.6 is 11.6 Å². The second kappa shape index (κ2) is 3.57. The molecule has 0 aliphatic rings. The molecule has 3 heterocycles. The van der Waals surface area contributed by atoms with E-state index in [-0.39, 0.29) is 0 Å². The van der Waals surface area contributed by atoms with Crippen LogP contribution in [0.15, 0.2) is 42.9 Å². The van der Waals surface area contributed by atoms with Gasteiger partial charge in [0.1, 0.15) is 0 Å². The number of nitrogens with zero attached hydrogens (tertiary/aromatic N) is 4. The van der Waals surface area contributed by atoms with Crippen molar-refractivity contribution < 1.29 is 0 Å². The molecule has 0 unspecified atom stereocenters. The topological polar surface area (TPSA) is 43.1 Å². The summed E-state index contributed by atoms with van der Waals surface area (Å²) >= 11 is 6.02. The smallest absolute Gasteiger partial charge is 0.183 e. The Morgan fingerprint density at radius 2 is 2.12 bits per heavy atom. The van der Waals surface area contributed by atoms with E-state index in [0.717, 1.165) is 5.56 Å². The van der Waals surface area contributed by atoms with E-state index >= 15 is 0 Å². The SMILES string of the molecule is Clc1cccn2nc(-c3cccnc3)nc12. The molecule has 0 bridgehead atoms. The first-order valence-corrected chi connectivity index (χ1v) is 5.14. The van der Waals surface area contributed by atoms with Gasteiger partial charge in [-0.25, -0.2) is 9.50 Å². The van der Waals surface area contributed by atoms with Crippen molar-refractivity contribution in [2.75, 3.05) is 0 Å². The van der Waals surface area contributed by atoms with Crippen LogP contribution in [0.3, 0.4) is 0 Å². The number of aromatic nitrogens is 4. The third kappa shape index (κ3) is 1.44. The Kier molecular flexibility index (Phi) is 2.08. The molecule has 0 spiro atoms. The maximum atomic E-state index is 6.02. The number of halogens is 1. The zero-order valence-corrected chi connectivity index (χ0v) is 8.96. The molecule has 16 heavy (non-hydrogen) atoms. The van der Waals surface area contributed by atoms with Gasteiger partial charge in [-0.3, -0.25) is 4.98 Å². The van der Waals surface area contributed by atoms with Crippen LogP contribution in [0.1, 0.15) is 0 Å². The Morgan fingerprint density at radius 1 is 1.19 bits per heavy atom. The minimum atomic E-state index is 0.588. The van der Waals surface area contributed by atoms with Crippen LogP contribution in [-0.4, -0.2) is 19.6 Å². The quantitative estimate of drug-likeness (QED) is 0.645. The van der Waals surface area contributed by atoms with Crippen LogP contribution in [0.4, 0.5) is 0 Å². The normalized spacial score (nSPS) is 10.8. The van der Waals surface area contributed by atoms with Gasteiger partial charge in [-0.1, -0.05) is 11.6 Å². The zero-order chi connectivity index (χ0) is 11.0. The first-order valence-electron chi connectivity index (χ1n) is 4.76. The molecule has 3 aromatic heterocycles. The molecule has 0 amide bonds. The Bertz CT molecular complexity index is 633. The highest BCUT2D eigenvalue weighted by molar-refractivity contribution is 6.33. The molecule has 0 radical (unpaired) electrons. The largest absolute Gasteiger partial charge is 0.264 e. The van der Waals surface area contributed by atoms with Crippen molar-refractivity contribution >= 4 is 17.2 Å². The van der Waals surface area contributed by atoms with Crippen molar-refractivity contribution in [1.82, 2.24) is 19.6 Å². The average molecular weight is 231 g/mol.